The van der Waals surface area contributed by atoms with Gasteiger partial charge in [0.1, 0.15) is 0 Å². The number of rotatable bonds is 7. The van der Waals surface area contributed by atoms with Gasteiger partial charge in [0.15, 0.2) is 23.0 Å². The molecule has 0 fully saturated rings. The van der Waals surface area contributed by atoms with Gasteiger partial charge in [0.2, 0.25) is 11.5 Å². The molecule has 0 saturated heterocycles. The SMILES string of the molecule is COc1cc([C@H]2Nc3ccccc3NC3=C2C(=O)C[C@@H](c2cc(OC)c(OC)c(OC)c2)C3)cc([N+](=O)[O-])c1O. The van der Waals surface area contributed by atoms with Crippen LogP contribution in [0.2, 0.25) is 0 Å². The molecule has 3 N–H and O–H groups in total. The zero-order valence-electron chi connectivity index (χ0n) is 22.4. The van der Waals surface area contributed by atoms with E-state index in [2.05, 4.69) is 10.6 Å². The number of phenols is 1. The zero-order valence-corrected chi connectivity index (χ0v) is 22.4. The van der Waals surface area contributed by atoms with E-state index in [9.17, 15) is 20.0 Å². The maximum Gasteiger partial charge on any atom is 0.315 e. The Morgan fingerprint density at radius 2 is 1.50 bits per heavy atom. The molecular formula is C29H29N3O8. The molecule has 2 atom stereocenters. The first-order valence-electron chi connectivity index (χ1n) is 12.5. The average molecular weight is 548 g/mol. The number of ether oxygens (including phenoxy) is 4. The first-order chi connectivity index (χ1) is 19.3. The van der Waals surface area contributed by atoms with Crippen LogP contribution in [-0.4, -0.2) is 44.3 Å². The van der Waals surface area contributed by atoms with E-state index in [1.807, 2.05) is 36.4 Å². The summed E-state index contributed by atoms with van der Waals surface area (Å²) in [6, 6.07) is 13.2. The molecule has 11 nitrogen and oxygen atoms in total. The molecule has 0 unspecified atom stereocenters. The average Bonchev–Trinajstić information content (AvgIpc) is 3.13. The number of nitrogens with one attached hydrogen (secondary N) is 2. The van der Waals surface area contributed by atoms with Gasteiger partial charge < -0.3 is 34.7 Å². The number of nitro benzene ring substituents is 1. The van der Waals surface area contributed by atoms with Crippen LogP contribution in [0.5, 0.6) is 28.7 Å². The van der Waals surface area contributed by atoms with Gasteiger partial charge in [-0.15, -0.1) is 0 Å². The lowest BCUT2D eigenvalue weighted by atomic mass is 9.78. The van der Waals surface area contributed by atoms with E-state index >= 15 is 0 Å². The molecule has 0 spiro atoms. The lowest BCUT2D eigenvalue weighted by Crippen LogP contribution is -2.27. The van der Waals surface area contributed by atoms with E-state index in [4.69, 9.17) is 18.9 Å². The van der Waals surface area contributed by atoms with Crippen LogP contribution < -0.4 is 29.6 Å². The Bertz CT molecular complexity index is 1510. The standard InChI is InChI=1S/C29H29N3O8/c1-37-23-14-17(10-21(28(23)34)32(35)36)27-26-20(30-18-7-5-6-8-19(18)31-27)9-15(11-22(26)33)16-12-24(38-2)29(40-4)25(13-16)39-3/h5-8,10,12-15,27,30-31,34H,9,11H2,1-4H3/t15-,27+/m0/s1. The Hall–Kier alpha value is -4.93. The van der Waals surface area contributed by atoms with E-state index in [0.717, 1.165) is 11.3 Å². The molecule has 0 saturated carbocycles. The maximum absolute atomic E-state index is 13.9. The summed E-state index contributed by atoms with van der Waals surface area (Å²) in [7, 11) is 5.93. The van der Waals surface area contributed by atoms with Gasteiger partial charge in [-0.1, -0.05) is 12.1 Å². The number of aromatic hydroxyl groups is 1. The first-order valence-corrected chi connectivity index (χ1v) is 12.5. The second-order valence-electron chi connectivity index (χ2n) is 9.48. The summed E-state index contributed by atoms with van der Waals surface area (Å²) in [5, 5.41) is 28.9. The van der Waals surface area contributed by atoms with Crippen LogP contribution in [0.1, 0.15) is 35.9 Å². The number of allylic oxidation sites excluding steroid dienone is 1. The van der Waals surface area contributed by atoms with Crippen LogP contribution in [0.15, 0.2) is 59.8 Å². The molecule has 208 valence electrons. The number of hydrogen-bond acceptors (Lipinski definition) is 10. The fraction of sp³-hybridized carbons (Fsp3) is 0.276. The lowest BCUT2D eigenvalue weighted by Gasteiger charge is -2.30. The summed E-state index contributed by atoms with van der Waals surface area (Å²) in [5.41, 5.74) is 3.37. The number of Topliss-reactive ketones (excluding diaryl/α,β-unsaturated/α-hetero) is 1. The molecule has 11 heteroatoms. The summed E-state index contributed by atoms with van der Waals surface area (Å²) < 4.78 is 21.8. The summed E-state index contributed by atoms with van der Waals surface area (Å²) in [5.74, 6) is 0.476. The zero-order chi connectivity index (χ0) is 28.6. The highest BCUT2D eigenvalue weighted by atomic mass is 16.6. The van der Waals surface area contributed by atoms with E-state index in [-0.39, 0.29) is 23.9 Å². The van der Waals surface area contributed by atoms with Crippen LogP contribution >= 0.6 is 0 Å². The third-order valence-corrected chi connectivity index (χ3v) is 7.29. The first kappa shape index (κ1) is 26.7. The van der Waals surface area contributed by atoms with E-state index in [0.29, 0.717) is 46.2 Å². The summed E-state index contributed by atoms with van der Waals surface area (Å²) in [6.45, 7) is 0. The van der Waals surface area contributed by atoms with Gasteiger partial charge in [0, 0.05) is 23.8 Å². The second kappa shape index (κ2) is 10.7. The van der Waals surface area contributed by atoms with Crippen molar-refractivity contribution in [3.05, 3.63) is 81.0 Å². The number of hydrogen-bond donors (Lipinski definition) is 3. The molecule has 0 aromatic heterocycles. The molecule has 40 heavy (non-hydrogen) atoms. The van der Waals surface area contributed by atoms with Crippen molar-refractivity contribution in [3.63, 3.8) is 0 Å². The summed E-state index contributed by atoms with van der Waals surface area (Å²) in [6.07, 6.45) is 0.661. The smallest absolute Gasteiger partial charge is 0.315 e. The Morgan fingerprint density at radius 1 is 0.875 bits per heavy atom. The fourth-order valence-corrected chi connectivity index (χ4v) is 5.39. The minimum Gasteiger partial charge on any atom is -0.500 e. The molecule has 3 aromatic carbocycles. The number of phenolic OH excluding ortho intramolecular Hbond substituents is 1. The topological polar surface area (TPSA) is 141 Å². The minimum atomic E-state index is -0.743. The predicted octanol–water partition coefficient (Wildman–Crippen LogP) is 5.31. The molecule has 1 heterocycles. The number of nitro groups is 1. The molecular weight excluding hydrogens is 518 g/mol. The Balaban J connectivity index is 1.65. The van der Waals surface area contributed by atoms with Crippen LogP contribution in [0.25, 0.3) is 0 Å². The highest BCUT2D eigenvalue weighted by Crippen LogP contribution is 2.48. The number of benzene rings is 3. The van der Waals surface area contributed by atoms with Gasteiger partial charge in [0.05, 0.1) is 50.8 Å². The molecule has 2 aliphatic rings. The molecule has 0 bridgehead atoms. The Morgan fingerprint density at radius 3 is 2.10 bits per heavy atom. The minimum absolute atomic E-state index is 0.0581. The predicted molar refractivity (Wildman–Crippen MR) is 148 cm³/mol. The maximum atomic E-state index is 13.9. The monoisotopic (exact) mass is 547 g/mol. The van der Waals surface area contributed by atoms with Crippen molar-refractivity contribution in [2.45, 2.75) is 24.8 Å². The van der Waals surface area contributed by atoms with Crippen molar-refractivity contribution >= 4 is 22.8 Å². The normalized spacial score (nSPS) is 17.9. The number of nitrogens with zero attached hydrogens (tertiary/aromatic N) is 1. The van der Waals surface area contributed by atoms with E-state index in [1.165, 1.54) is 26.4 Å². The number of anilines is 2. The number of ketones is 1. The van der Waals surface area contributed by atoms with Crippen LogP contribution in [0.4, 0.5) is 17.1 Å². The van der Waals surface area contributed by atoms with Crippen molar-refractivity contribution in [2.24, 2.45) is 0 Å². The number of methoxy groups -OCH3 is 4. The van der Waals surface area contributed by atoms with Crippen molar-refractivity contribution in [2.75, 3.05) is 39.1 Å². The van der Waals surface area contributed by atoms with Gasteiger partial charge in [-0.25, -0.2) is 0 Å². The van der Waals surface area contributed by atoms with Gasteiger partial charge in [-0.05, 0) is 53.8 Å². The Labute approximate surface area is 230 Å². The molecule has 1 aliphatic heterocycles. The van der Waals surface area contributed by atoms with Gasteiger partial charge in [-0.3, -0.25) is 14.9 Å². The van der Waals surface area contributed by atoms with Gasteiger partial charge in [-0.2, -0.15) is 0 Å². The van der Waals surface area contributed by atoms with Gasteiger partial charge in [0.25, 0.3) is 0 Å². The van der Waals surface area contributed by atoms with Gasteiger partial charge >= 0.3 is 5.69 Å². The fourth-order valence-electron chi connectivity index (χ4n) is 5.39. The number of para-hydroxylation sites is 2. The molecule has 3 aromatic rings. The van der Waals surface area contributed by atoms with Crippen LogP contribution in [0.3, 0.4) is 0 Å². The highest BCUT2D eigenvalue weighted by Gasteiger charge is 2.38. The molecule has 0 amide bonds. The highest BCUT2D eigenvalue weighted by molar-refractivity contribution is 6.01. The molecule has 1 aliphatic carbocycles. The van der Waals surface area contributed by atoms with Crippen molar-refractivity contribution in [1.82, 2.24) is 0 Å². The van der Waals surface area contributed by atoms with Crippen LogP contribution in [0, 0.1) is 10.1 Å². The Kier molecular flexibility index (Phi) is 7.12. The van der Waals surface area contributed by atoms with Crippen molar-refractivity contribution in [3.8, 4) is 28.7 Å². The van der Waals surface area contributed by atoms with Crippen molar-refractivity contribution in [1.29, 1.82) is 0 Å². The number of carbonyl (C=O) groups excluding carboxylic acids is 1. The largest absolute Gasteiger partial charge is 0.500 e. The number of carbonyl (C=O) groups is 1. The molecule has 0 radical (unpaired) electrons. The third kappa shape index (κ3) is 4.59. The third-order valence-electron chi connectivity index (χ3n) is 7.29. The summed E-state index contributed by atoms with van der Waals surface area (Å²) in [4.78, 5) is 25.0. The summed E-state index contributed by atoms with van der Waals surface area (Å²) >= 11 is 0. The quantitative estimate of drug-likeness (QED) is 0.263. The molecule has 5 rings (SSSR count). The number of fused-ring (bicyclic) bond motifs is 1. The van der Waals surface area contributed by atoms with Crippen molar-refractivity contribution < 1.29 is 33.8 Å². The lowest BCUT2D eigenvalue weighted by molar-refractivity contribution is -0.386. The van der Waals surface area contributed by atoms with Crippen LogP contribution in [-0.2, 0) is 4.79 Å². The second-order valence-corrected chi connectivity index (χ2v) is 9.48. The van der Waals surface area contributed by atoms with E-state index < -0.39 is 22.4 Å². The van der Waals surface area contributed by atoms with E-state index in [1.54, 1.807) is 14.2 Å².